The molecular weight excluding hydrogens is 412 g/mol. The van der Waals surface area contributed by atoms with Crippen molar-refractivity contribution in [3.63, 3.8) is 0 Å². The molecule has 7 heteroatoms. The smallest absolute Gasteiger partial charge is 0.262 e. The molecule has 1 saturated heterocycles. The van der Waals surface area contributed by atoms with Crippen LogP contribution in [0.3, 0.4) is 0 Å². The van der Waals surface area contributed by atoms with Crippen molar-refractivity contribution in [1.29, 1.82) is 0 Å². The molecule has 3 rings (SSSR count). The van der Waals surface area contributed by atoms with E-state index in [2.05, 4.69) is 26.1 Å². The summed E-state index contributed by atoms with van der Waals surface area (Å²) in [4.78, 5) is 12.6. The zero-order chi connectivity index (χ0) is 22.6. The summed E-state index contributed by atoms with van der Waals surface area (Å²) in [5, 5.41) is 2.77. The van der Waals surface area contributed by atoms with Crippen molar-refractivity contribution in [2.75, 3.05) is 25.0 Å². The number of benzene rings is 2. The summed E-state index contributed by atoms with van der Waals surface area (Å²) in [7, 11) is -3.50. The monoisotopic (exact) mass is 444 g/mol. The Morgan fingerprint density at radius 2 is 1.77 bits per heavy atom. The van der Waals surface area contributed by atoms with Crippen LogP contribution in [0.5, 0.6) is 5.75 Å². The number of piperidine rings is 1. The highest BCUT2D eigenvalue weighted by Gasteiger charge is 2.27. The maximum atomic E-state index is 12.8. The first-order chi connectivity index (χ1) is 14.7. The van der Waals surface area contributed by atoms with Crippen LogP contribution < -0.4 is 10.1 Å². The number of hydrogen-bond acceptors (Lipinski definition) is 4. The van der Waals surface area contributed by atoms with Crippen LogP contribution in [0.25, 0.3) is 0 Å². The summed E-state index contributed by atoms with van der Waals surface area (Å²) >= 11 is 0. The topological polar surface area (TPSA) is 75.7 Å². The largest absolute Gasteiger partial charge is 0.483 e. The van der Waals surface area contributed by atoms with Gasteiger partial charge in [-0.15, -0.1) is 0 Å². The Morgan fingerprint density at radius 3 is 2.39 bits per heavy atom. The molecule has 1 aliphatic rings. The van der Waals surface area contributed by atoms with Crippen molar-refractivity contribution in [1.82, 2.24) is 4.31 Å². The minimum atomic E-state index is -3.50. The van der Waals surface area contributed by atoms with E-state index < -0.39 is 10.0 Å². The number of sulfonamides is 1. The van der Waals surface area contributed by atoms with Gasteiger partial charge in [0.2, 0.25) is 10.0 Å². The summed E-state index contributed by atoms with van der Waals surface area (Å²) in [6.45, 7) is 9.28. The number of aryl methyl sites for hydroxylation is 1. The molecule has 1 amide bonds. The Morgan fingerprint density at radius 1 is 1.13 bits per heavy atom. The number of carbonyl (C=O) groups is 1. The molecular formula is C24H32N2O4S. The molecule has 0 unspecified atom stereocenters. The molecule has 2 aromatic rings. The van der Waals surface area contributed by atoms with Gasteiger partial charge in [0.05, 0.1) is 4.90 Å². The summed E-state index contributed by atoms with van der Waals surface area (Å²) in [6.07, 6.45) is 1.76. The van der Waals surface area contributed by atoms with Gasteiger partial charge in [0.15, 0.2) is 6.61 Å². The van der Waals surface area contributed by atoms with E-state index in [9.17, 15) is 13.2 Å². The summed E-state index contributed by atoms with van der Waals surface area (Å²) < 4.78 is 32.9. The van der Waals surface area contributed by atoms with Crippen molar-refractivity contribution in [3.05, 3.63) is 53.6 Å². The van der Waals surface area contributed by atoms with Gasteiger partial charge in [-0.1, -0.05) is 32.9 Å². The first-order valence-corrected chi connectivity index (χ1v) is 12.2. The van der Waals surface area contributed by atoms with Crippen molar-refractivity contribution in [2.45, 2.75) is 51.3 Å². The lowest BCUT2D eigenvalue weighted by molar-refractivity contribution is -0.118. The van der Waals surface area contributed by atoms with E-state index in [1.807, 2.05) is 25.1 Å². The predicted octanol–water partition coefficient (Wildman–Crippen LogP) is 4.56. The third kappa shape index (κ3) is 5.86. The van der Waals surface area contributed by atoms with Crippen molar-refractivity contribution < 1.29 is 17.9 Å². The number of amides is 1. The molecule has 1 N–H and O–H groups in total. The van der Waals surface area contributed by atoms with Gasteiger partial charge < -0.3 is 10.1 Å². The van der Waals surface area contributed by atoms with Crippen molar-refractivity contribution >= 4 is 21.6 Å². The van der Waals surface area contributed by atoms with Crippen LogP contribution in [0.1, 0.15) is 50.7 Å². The molecule has 0 saturated carbocycles. The summed E-state index contributed by atoms with van der Waals surface area (Å²) in [6, 6.07) is 12.3. The maximum absolute atomic E-state index is 12.8. The van der Waals surface area contributed by atoms with Crippen LogP contribution in [0.4, 0.5) is 5.69 Å². The second kappa shape index (κ2) is 9.83. The van der Waals surface area contributed by atoms with E-state index in [1.165, 1.54) is 0 Å². The Kier molecular flexibility index (Phi) is 7.38. The van der Waals surface area contributed by atoms with Gasteiger partial charge in [0.25, 0.3) is 5.91 Å². The third-order valence-corrected chi connectivity index (χ3v) is 7.58. The molecule has 0 aromatic heterocycles. The second-order valence-corrected chi connectivity index (χ2v) is 10.6. The Balaban J connectivity index is 1.60. The fourth-order valence-corrected chi connectivity index (χ4v) is 5.14. The van der Waals surface area contributed by atoms with E-state index >= 15 is 0 Å². The molecule has 168 valence electrons. The number of anilines is 1. The molecule has 1 fully saturated rings. The van der Waals surface area contributed by atoms with Gasteiger partial charge in [0, 0.05) is 18.8 Å². The van der Waals surface area contributed by atoms with Gasteiger partial charge >= 0.3 is 0 Å². The SMILES string of the molecule is Cc1ccc(C(C)C)c(OCC(=O)Nc2ccc(S(=O)(=O)N3CCC(C)CC3)cc2)c1. The normalized spacial score (nSPS) is 15.8. The first-order valence-electron chi connectivity index (χ1n) is 10.8. The number of rotatable bonds is 7. The molecule has 2 aromatic carbocycles. The van der Waals surface area contributed by atoms with Crippen LogP contribution in [0.15, 0.2) is 47.4 Å². The minimum absolute atomic E-state index is 0.116. The number of nitrogens with zero attached hydrogens (tertiary/aromatic N) is 1. The summed E-state index contributed by atoms with van der Waals surface area (Å²) in [5.41, 5.74) is 2.66. The van der Waals surface area contributed by atoms with Gasteiger partial charge in [0.1, 0.15) is 5.75 Å². The third-order valence-electron chi connectivity index (χ3n) is 5.67. The molecule has 1 aliphatic heterocycles. The van der Waals surface area contributed by atoms with Crippen LogP contribution in [0, 0.1) is 12.8 Å². The molecule has 1 heterocycles. The second-order valence-electron chi connectivity index (χ2n) is 8.64. The molecule has 6 nitrogen and oxygen atoms in total. The predicted molar refractivity (Wildman–Crippen MR) is 123 cm³/mol. The van der Waals surface area contributed by atoms with E-state index in [4.69, 9.17) is 4.74 Å². The van der Waals surface area contributed by atoms with E-state index in [-0.39, 0.29) is 23.3 Å². The van der Waals surface area contributed by atoms with E-state index in [0.29, 0.717) is 30.4 Å². The molecule has 0 radical (unpaired) electrons. The lowest BCUT2D eigenvalue weighted by atomic mass is 10.0. The molecule has 0 spiro atoms. The average Bonchev–Trinajstić information content (AvgIpc) is 2.73. The van der Waals surface area contributed by atoms with Gasteiger partial charge in [-0.05, 0) is 73.1 Å². The highest BCUT2D eigenvalue weighted by molar-refractivity contribution is 7.89. The van der Waals surface area contributed by atoms with Gasteiger partial charge in [-0.3, -0.25) is 4.79 Å². The quantitative estimate of drug-likeness (QED) is 0.679. The zero-order valence-corrected chi connectivity index (χ0v) is 19.5. The molecule has 31 heavy (non-hydrogen) atoms. The fraction of sp³-hybridized carbons (Fsp3) is 0.458. The lowest BCUT2D eigenvalue weighted by Crippen LogP contribution is -2.37. The standard InChI is InChI=1S/C24H32N2O4S/c1-17(2)22-10-5-19(4)15-23(22)30-16-24(27)25-20-6-8-21(9-7-20)31(28,29)26-13-11-18(3)12-14-26/h5-10,15,17-18H,11-14,16H2,1-4H3,(H,25,27). The number of carbonyl (C=O) groups excluding carboxylic acids is 1. The lowest BCUT2D eigenvalue weighted by Gasteiger charge is -2.29. The highest BCUT2D eigenvalue weighted by Crippen LogP contribution is 2.28. The number of hydrogen-bond donors (Lipinski definition) is 1. The van der Waals surface area contributed by atoms with E-state index in [0.717, 1.165) is 24.0 Å². The molecule has 0 aliphatic carbocycles. The number of ether oxygens (including phenoxy) is 1. The molecule has 0 bridgehead atoms. The Labute approximate surface area is 185 Å². The van der Waals surface area contributed by atoms with Crippen molar-refractivity contribution in [3.8, 4) is 5.75 Å². The van der Waals surface area contributed by atoms with Crippen LogP contribution in [-0.4, -0.2) is 38.3 Å². The first kappa shape index (κ1) is 23.3. The maximum Gasteiger partial charge on any atom is 0.262 e. The molecule has 0 atom stereocenters. The summed E-state index contributed by atoms with van der Waals surface area (Å²) in [5.74, 6) is 1.26. The van der Waals surface area contributed by atoms with Crippen LogP contribution in [-0.2, 0) is 14.8 Å². The number of nitrogens with one attached hydrogen (secondary N) is 1. The Hall–Kier alpha value is -2.38. The Bertz CT molecular complexity index is 1010. The highest BCUT2D eigenvalue weighted by atomic mass is 32.2. The van der Waals surface area contributed by atoms with Crippen LogP contribution >= 0.6 is 0 Å². The average molecular weight is 445 g/mol. The van der Waals surface area contributed by atoms with Crippen LogP contribution in [0.2, 0.25) is 0 Å². The van der Waals surface area contributed by atoms with E-state index in [1.54, 1.807) is 28.6 Å². The minimum Gasteiger partial charge on any atom is -0.483 e. The van der Waals surface area contributed by atoms with Gasteiger partial charge in [-0.25, -0.2) is 8.42 Å². The van der Waals surface area contributed by atoms with Crippen molar-refractivity contribution in [2.24, 2.45) is 5.92 Å². The fourth-order valence-electron chi connectivity index (χ4n) is 3.67. The zero-order valence-electron chi connectivity index (χ0n) is 18.7. The van der Waals surface area contributed by atoms with Gasteiger partial charge in [-0.2, -0.15) is 4.31 Å².